The number of carbonyl (C=O) groups excluding carboxylic acids is 8. The fourth-order valence-electron chi connectivity index (χ4n) is 7.34. The molecule has 1 fully saturated rings. The number of guanidine groups is 1. The molecule has 0 aliphatic carbocycles. The molecular formula is C44H81N13O11S. The second-order valence-corrected chi connectivity index (χ2v) is 19.6. The topological polar surface area (TPSA) is 398 Å². The summed E-state index contributed by atoms with van der Waals surface area (Å²) in [4.78, 5) is 126. The predicted molar refractivity (Wildman–Crippen MR) is 262 cm³/mol. The molecule has 1 rings (SSSR count). The smallest absolute Gasteiger partial charge is 0.326 e. The number of carbonyl (C=O) groups is 9. The van der Waals surface area contributed by atoms with Gasteiger partial charge in [0.25, 0.3) is 0 Å². The van der Waals surface area contributed by atoms with Gasteiger partial charge in [-0.25, -0.2) is 4.79 Å². The van der Waals surface area contributed by atoms with Crippen molar-refractivity contribution in [2.45, 2.75) is 167 Å². The first-order chi connectivity index (χ1) is 32.2. The van der Waals surface area contributed by atoms with Gasteiger partial charge in [0.05, 0.1) is 12.1 Å². The third-order valence-corrected chi connectivity index (χ3v) is 11.9. The van der Waals surface area contributed by atoms with Crippen molar-refractivity contribution in [2.75, 3.05) is 31.6 Å². The maximum absolute atomic E-state index is 14.0. The van der Waals surface area contributed by atoms with Crippen LogP contribution in [0.3, 0.4) is 0 Å². The van der Waals surface area contributed by atoms with E-state index in [0.717, 1.165) is 0 Å². The molecule has 24 nitrogen and oxygen atoms in total. The molecule has 394 valence electrons. The van der Waals surface area contributed by atoms with Crippen molar-refractivity contribution >= 4 is 70.9 Å². The number of hydrogen-bond donors (Lipinski definition) is 13. The van der Waals surface area contributed by atoms with Gasteiger partial charge in [-0.3, -0.25) is 43.3 Å². The third kappa shape index (κ3) is 21.9. The molecule has 1 saturated heterocycles. The molecule has 69 heavy (non-hydrogen) atoms. The summed E-state index contributed by atoms with van der Waals surface area (Å²) in [5.74, 6) is -7.28. The summed E-state index contributed by atoms with van der Waals surface area (Å²) < 4.78 is 0. The number of nitrogens with one attached hydrogen (secondary N) is 7. The number of nitrogens with zero attached hydrogens (tertiary/aromatic N) is 2. The molecule has 0 aromatic heterocycles. The maximum Gasteiger partial charge on any atom is 0.326 e. The second-order valence-electron chi connectivity index (χ2n) is 18.6. The van der Waals surface area contributed by atoms with E-state index in [1.807, 2.05) is 6.26 Å². The SMILES string of the molecule is CSCC[C@H](NC(=O)[C@@H](N)C(C)C)C(=O)N[C@@H](C)C(=O)N1CCC[C@H]1C(=O)N[C@@H](CCCN=C(N)N)C(=O)N[C@H](C(=O)N[C@@H](CC(C)C)C(=O)N[C@@H](CCN)C(=O)N[C@@H](CC(C)C)C(=O)O)[C@@H](C)O. The number of carboxylic acids is 1. The molecule has 25 heteroatoms. The number of carboxylic acid groups (broad SMARTS) is 1. The molecule has 0 aromatic rings. The van der Waals surface area contributed by atoms with Crippen LogP contribution in [0.25, 0.3) is 0 Å². The Morgan fingerprint density at radius 2 is 1.19 bits per heavy atom. The number of likely N-dealkylation sites (tertiary alicyclic amines) is 1. The van der Waals surface area contributed by atoms with Gasteiger partial charge in [-0.05, 0) is 102 Å². The molecule has 8 amide bonds. The summed E-state index contributed by atoms with van der Waals surface area (Å²) in [5, 5.41) is 38.5. The van der Waals surface area contributed by atoms with Crippen molar-refractivity contribution in [1.29, 1.82) is 0 Å². The highest BCUT2D eigenvalue weighted by atomic mass is 32.2. The van der Waals surface area contributed by atoms with Gasteiger partial charge in [0.15, 0.2) is 5.96 Å². The van der Waals surface area contributed by atoms with Gasteiger partial charge in [-0.15, -0.1) is 0 Å². The van der Waals surface area contributed by atoms with Crippen LogP contribution in [0, 0.1) is 17.8 Å². The normalized spacial score (nSPS) is 17.5. The van der Waals surface area contributed by atoms with Gasteiger partial charge in [0.2, 0.25) is 47.3 Å². The highest BCUT2D eigenvalue weighted by molar-refractivity contribution is 7.98. The summed E-state index contributed by atoms with van der Waals surface area (Å²) in [7, 11) is 0. The fraction of sp³-hybridized carbons (Fsp3) is 0.773. The summed E-state index contributed by atoms with van der Waals surface area (Å²) in [5.41, 5.74) is 22.7. The Morgan fingerprint density at radius 3 is 1.72 bits per heavy atom. The van der Waals surface area contributed by atoms with E-state index in [2.05, 4.69) is 42.2 Å². The second kappa shape index (κ2) is 31.1. The quantitative estimate of drug-likeness (QED) is 0.0188. The minimum atomic E-state index is -1.67. The van der Waals surface area contributed by atoms with E-state index in [4.69, 9.17) is 22.9 Å². The monoisotopic (exact) mass is 1000 g/mol. The molecular weight excluding hydrogens is 919 g/mol. The summed E-state index contributed by atoms with van der Waals surface area (Å²) >= 11 is 1.47. The molecule has 0 aromatic carbocycles. The van der Waals surface area contributed by atoms with Gasteiger partial charge in [0, 0.05) is 13.1 Å². The molecule has 1 aliphatic heterocycles. The molecule has 17 N–H and O–H groups in total. The lowest BCUT2D eigenvalue weighted by Crippen LogP contribution is -2.62. The zero-order valence-electron chi connectivity index (χ0n) is 41.7. The number of aliphatic imine (C=N–C) groups is 1. The molecule has 1 heterocycles. The Kier molecular flexibility index (Phi) is 27.8. The molecule has 0 bridgehead atoms. The fourth-order valence-corrected chi connectivity index (χ4v) is 7.81. The lowest BCUT2D eigenvalue weighted by atomic mass is 10.0. The molecule has 0 radical (unpaired) electrons. The number of aliphatic hydroxyl groups is 1. The van der Waals surface area contributed by atoms with Gasteiger partial charge < -0.3 is 75.3 Å². The minimum absolute atomic E-state index is 0.0463. The number of rotatable bonds is 31. The van der Waals surface area contributed by atoms with E-state index in [9.17, 15) is 53.4 Å². The van der Waals surface area contributed by atoms with Gasteiger partial charge >= 0.3 is 5.97 Å². The van der Waals surface area contributed by atoms with Crippen LogP contribution >= 0.6 is 11.8 Å². The molecule has 0 saturated carbocycles. The Hall–Kier alpha value is -5.27. The van der Waals surface area contributed by atoms with Crippen molar-refractivity contribution in [3.05, 3.63) is 0 Å². The van der Waals surface area contributed by atoms with E-state index in [-0.39, 0.29) is 88.3 Å². The standard InChI is InChI=1S/C44H81N13O11S/c1-22(2)20-30(38(62)51-28(14-16-45)36(60)55-31(43(67)68)21-23(3)4)54-41(65)34(26(8)58)56-37(61)27(12-10-17-49-44(47)48)52-39(63)32-13-11-18-57(32)42(66)25(7)50-35(59)29(15-19-69-9)53-40(64)33(46)24(5)6/h22-34,58H,10-21,45-46H2,1-9H3,(H,50,59)(H,51,62)(H,52,63)(H,53,64)(H,54,65)(H,55,60)(H,56,61)(H,67,68)(H4,47,48,49)/t25-,26+,27-,28-,29-,30-,31-,32-,33-,34-/m0/s1. The maximum atomic E-state index is 14.0. The first-order valence-electron chi connectivity index (χ1n) is 23.6. The summed E-state index contributed by atoms with van der Waals surface area (Å²) in [6.45, 7) is 13.5. The van der Waals surface area contributed by atoms with Crippen LogP contribution in [-0.2, 0) is 43.2 Å². The van der Waals surface area contributed by atoms with Crippen molar-refractivity contribution in [3.8, 4) is 0 Å². The number of thioether (sulfide) groups is 1. The van der Waals surface area contributed by atoms with E-state index in [0.29, 0.717) is 12.2 Å². The van der Waals surface area contributed by atoms with Crippen molar-refractivity contribution in [3.63, 3.8) is 0 Å². The number of nitrogens with two attached hydrogens (primary N) is 4. The van der Waals surface area contributed by atoms with Crippen LogP contribution in [0.5, 0.6) is 0 Å². The predicted octanol–water partition coefficient (Wildman–Crippen LogP) is -2.91. The average molecular weight is 1000 g/mol. The molecule has 0 unspecified atom stereocenters. The lowest BCUT2D eigenvalue weighted by Gasteiger charge is -2.30. The Morgan fingerprint density at radius 1 is 0.681 bits per heavy atom. The minimum Gasteiger partial charge on any atom is -0.480 e. The Bertz CT molecular complexity index is 1770. The lowest BCUT2D eigenvalue weighted by molar-refractivity contribution is -0.143. The largest absolute Gasteiger partial charge is 0.480 e. The van der Waals surface area contributed by atoms with E-state index >= 15 is 0 Å². The molecule has 10 atom stereocenters. The van der Waals surface area contributed by atoms with Crippen molar-refractivity contribution in [1.82, 2.24) is 42.1 Å². The van der Waals surface area contributed by atoms with Crippen LogP contribution in [0.1, 0.15) is 107 Å². The first kappa shape index (κ1) is 61.7. The highest BCUT2D eigenvalue weighted by Crippen LogP contribution is 2.20. The van der Waals surface area contributed by atoms with E-state index in [1.165, 1.54) is 30.5 Å². The van der Waals surface area contributed by atoms with Crippen molar-refractivity contribution < 1.29 is 53.4 Å². The van der Waals surface area contributed by atoms with E-state index in [1.54, 1.807) is 41.5 Å². The van der Waals surface area contributed by atoms with Gasteiger partial charge in [-0.1, -0.05) is 41.5 Å². The van der Waals surface area contributed by atoms with Crippen LogP contribution in [0.15, 0.2) is 4.99 Å². The zero-order valence-corrected chi connectivity index (χ0v) is 42.5. The van der Waals surface area contributed by atoms with Crippen LogP contribution < -0.4 is 60.2 Å². The Labute approximate surface area is 409 Å². The van der Waals surface area contributed by atoms with Gasteiger partial charge in [-0.2, -0.15) is 11.8 Å². The molecule has 0 spiro atoms. The van der Waals surface area contributed by atoms with E-state index < -0.39 is 114 Å². The summed E-state index contributed by atoms with van der Waals surface area (Å²) in [6.07, 6.45) is 1.40. The number of hydrogen-bond acceptors (Lipinski definition) is 14. The number of aliphatic hydroxyl groups excluding tert-OH is 1. The average Bonchev–Trinajstić information content (AvgIpc) is 3.76. The third-order valence-electron chi connectivity index (χ3n) is 11.2. The number of aliphatic carboxylic acids is 1. The van der Waals surface area contributed by atoms with Crippen LogP contribution in [0.2, 0.25) is 0 Å². The van der Waals surface area contributed by atoms with Crippen LogP contribution in [0.4, 0.5) is 0 Å². The highest BCUT2D eigenvalue weighted by Gasteiger charge is 2.40. The Balaban J connectivity index is 3.32. The van der Waals surface area contributed by atoms with Crippen molar-refractivity contribution in [2.24, 2.45) is 45.7 Å². The van der Waals surface area contributed by atoms with Crippen LogP contribution in [-0.4, -0.2) is 166 Å². The zero-order chi connectivity index (χ0) is 52.7. The number of amides is 8. The summed E-state index contributed by atoms with van der Waals surface area (Å²) in [6, 6.07) is -10.8. The first-order valence-corrected chi connectivity index (χ1v) is 25.0. The van der Waals surface area contributed by atoms with Gasteiger partial charge in [0.1, 0.15) is 48.3 Å². The molecule has 1 aliphatic rings.